The van der Waals surface area contributed by atoms with Crippen LogP contribution in [0.3, 0.4) is 0 Å². The molecule has 0 saturated heterocycles. The van der Waals surface area contributed by atoms with Crippen molar-refractivity contribution in [3.8, 4) is 0 Å². The number of hydrogen-bond acceptors (Lipinski definition) is 2. The van der Waals surface area contributed by atoms with Gasteiger partial charge in [0, 0.05) is 23.1 Å². The number of rotatable bonds is 3. The number of pyridine rings is 1. The van der Waals surface area contributed by atoms with E-state index in [1.807, 2.05) is 18.3 Å². The zero-order valence-corrected chi connectivity index (χ0v) is 13.0. The fraction of sp³-hybridized carbons (Fsp3) is 0.250. The van der Waals surface area contributed by atoms with Crippen LogP contribution in [0, 0.1) is 6.92 Å². The molecule has 0 fully saturated rings. The number of hydrogen-bond donors (Lipinski definition) is 0. The molecule has 90 valence electrons. The lowest BCUT2D eigenvalue weighted by atomic mass is 10.1. The second-order valence-corrected chi connectivity index (χ2v) is 7.11. The van der Waals surface area contributed by atoms with Crippen LogP contribution in [0.5, 0.6) is 0 Å². The number of nitrogens with zero attached hydrogens (tertiary/aromatic N) is 1. The molecule has 2 heterocycles. The summed E-state index contributed by atoms with van der Waals surface area (Å²) in [5.74, 6) is 0. The van der Waals surface area contributed by atoms with Gasteiger partial charge in [0.2, 0.25) is 0 Å². The Balaban J connectivity index is 2.20. The molecule has 0 N–H and O–H groups in total. The van der Waals surface area contributed by atoms with Crippen molar-refractivity contribution in [3.63, 3.8) is 0 Å². The highest BCUT2D eigenvalue weighted by molar-refractivity contribution is 9.09. The second-order valence-electron chi connectivity index (χ2n) is 3.72. The van der Waals surface area contributed by atoms with Crippen LogP contribution in [0.1, 0.15) is 21.6 Å². The van der Waals surface area contributed by atoms with Gasteiger partial charge in [0.05, 0.1) is 8.67 Å². The highest BCUT2D eigenvalue weighted by Gasteiger charge is 2.16. The molecule has 1 nitrogen and oxygen atoms in total. The molecule has 0 aliphatic heterocycles. The largest absolute Gasteiger partial charge is 0.261 e. The van der Waals surface area contributed by atoms with Crippen molar-refractivity contribution >= 4 is 50.5 Å². The van der Waals surface area contributed by atoms with Crippen LogP contribution < -0.4 is 0 Å². The maximum Gasteiger partial charge on any atom is 0.0987 e. The van der Waals surface area contributed by atoms with Crippen LogP contribution in [0.15, 0.2) is 24.4 Å². The summed E-state index contributed by atoms with van der Waals surface area (Å²) in [6.07, 6.45) is 2.61. The molecule has 0 aliphatic rings. The van der Waals surface area contributed by atoms with Crippen molar-refractivity contribution in [1.29, 1.82) is 0 Å². The number of alkyl halides is 1. The molecule has 0 aromatic carbocycles. The standard InChI is InChI=1S/C12H10BrCl2NS/c1-7-3-2-4-16-10(7)6-9(13)8-5-11(14)17-12(8)15/h2-5,9H,6H2,1H3. The quantitative estimate of drug-likeness (QED) is 0.672. The first-order valence-electron chi connectivity index (χ1n) is 5.07. The Morgan fingerprint density at radius 2 is 2.24 bits per heavy atom. The third kappa shape index (κ3) is 3.22. The maximum atomic E-state index is 6.13. The number of aryl methyl sites for hydroxylation is 1. The molecular formula is C12H10BrCl2NS. The summed E-state index contributed by atoms with van der Waals surface area (Å²) >= 11 is 17.1. The number of halogens is 3. The first-order chi connectivity index (χ1) is 8.08. The van der Waals surface area contributed by atoms with E-state index >= 15 is 0 Å². The third-order valence-electron chi connectivity index (χ3n) is 2.51. The summed E-state index contributed by atoms with van der Waals surface area (Å²) in [5.41, 5.74) is 3.30. The van der Waals surface area contributed by atoms with Gasteiger partial charge < -0.3 is 0 Å². The fourth-order valence-electron chi connectivity index (χ4n) is 1.58. The van der Waals surface area contributed by atoms with Crippen molar-refractivity contribution in [2.45, 2.75) is 18.2 Å². The van der Waals surface area contributed by atoms with Gasteiger partial charge in [0.15, 0.2) is 0 Å². The Morgan fingerprint density at radius 3 is 2.82 bits per heavy atom. The molecule has 0 aliphatic carbocycles. The van der Waals surface area contributed by atoms with Gasteiger partial charge in [-0.3, -0.25) is 4.98 Å². The van der Waals surface area contributed by atoms with E-state index in [-0.39, 0.29) is 4.83 Å². The van der Waals surface area contributed by atoms with E-state index in [1.165, 1.54) is 16.9 Å². The van der Waals surface area contributed by atoms with Gasteiger partial charge in [-0.2, -0.15) is 0 Å². The molecule has 17 heavy (non-hydrogen) atoms. The van der Waals surface area contributed by atoms with E-state index < -0.39 is 0 Å². The molecule has 0 saturated carbocycles. The van der Waals surface area contributed by atoms with Gasteiger partial charge in [-0.15, -0.1) is 11.3 Å². The minimum atomic E-state index is 0.146. The van der Waals surface area contributed by atoms with Crippen LogP contribution in [0.4, 0.5) is 0 Å². The second kappa shape index (κ2) is 5.70. The lowest BCUT2D eigenvalue weighted by Crippen LogP contribution is -1.99. The zero-order valence-electron chi connectivity index (χ0n) is 9.08. The highest BCUT2D eigenvalue weighted by Crippen LogP contribution is 2.39. The summed E-state index contributed by atoms with van der Waals surface area (Å²) in [4.78, 5) is 4.52. The molecule has 0 amide bonds. The molecule has 0 spiro atoms. The molecule has 5 heteroatoms. The van der Waals surface area contributed by atoms with Crippen molar-refractivity contribution in [2.75, 3.05) is 0 Å². The predicted molar refractivity (Wildman–Crippen MR) is 78.7 cm³/mol. The maximum absolute atomic E-state index is 6.13. The number of aromatic nitrogens is 1. The summed E-state index contributed by atoms with van der Waals surface area (Å²) in [6.45, 7) is 2.06. The smallest absolute Gasteiger partial charge is 0.0987 e. The van der Waals surface area contributed by atoms with E-state index in [0.29, 0.717) is 4.34 Å². The van der Waals surface area contributed by atoms with E-state index in [2.05, 4.69) is 33.9 Å². The van der Waals surface area contributed by atoms with Crippen molar-refractivity contribution in [1.82, 2.24) is 4.98 Å². The monoisotopic (exact) mass is 349 g/mol. The van der Waals surface area contributed by atoms with E-state index in [1.54, 1.807) is 0 Å². The lowest BCUT2D eigenvalue weighted by molar-refractivity contribution is 0.895. The SMILES string of the molecule is Cc1cccnc1CC(Br)c1cc(Cl)sc1Cl. The van der Waals surface area contributed by atoms with Crippen LogP contribution in [-0.4, -0.2) is 4.98 Å². The highest BCUT2D eigenvalue weighted by atomic mass is 79.9. The Labute approximate surface area is 123 Å². The first-order valence-corrected chi connectivity index (χ1v) is 7.56. The van der Waals surface area contributed by atoms with Crippen LogP contribution in [0.2, 0.25) is 8.67 Å². The van der Waals surface area contributed by atoms with Gasteiger partial charge in [-0.1, -0.05) is 45.2 Å². The third-order valence-corrected chi connectivity index (χ3v) is 4.85. The van der Waals surface area contributed by atoms with Crippen LogP contribution in [-0.2, 0) is 6.42 Å². The Bertz CT molecular complexity index is 527. The summed E-state index contributed by atoms with van der Waals surface area (Å²) < 4.78 is 1.46. The summed E-state index contributed by atoms with van der Waals surface area (Å²) in [6, 6.07) is 5.91. The molecule has 1 atom stereocenters. The molecule has 2 rings (SSSR count). The van der Waals surface area contributed by atoms with Crippen LogP contribution >= 0.6 is 50.5 Å². The normalized spacial score (nSPS) is 12.7. The van der Waals surface area contributed by atoms with Gasteiger partial charge in [0.1, 0.15) is 0 Å². The lowest BCUT2D eigenvalue weighted by Gasteiger charge is -2.10. The summed E-state index contributed by atoms with van der Waals surface area (Å²) in [7, 11) is 0. The van der Waals surface area contributed by atoms with Crippen molar-refractivity contribution in [2.24, 2.45) is 0 Å². The Kier molecular flexibility index (Phi) is 4.47. The van der Waals surface area contributed by atoms with E-state index in [9.17, 15) is 0 Å². The van der Waals surface area contributed by atoms with Gasteiger partial charge in [-0.05, 0) is 30.2 Å². The predicted octanol–water partition coefficient (Wildman–Crippen LogP) is 5.44. The van der Waals surface area contributed by atoms with E-state index in [0.717, 1.165) is 22.0 Å². The zero-order chi connectivity index (χ0) is 12.4. The summed E-state index contributed by atoms with van der Waals surface area (Å²) in [5, 5.41) is 0. The van der Waals surface area contributed by atoms with Crippen molar-refractivity contribution in [3.05, 3.63) is 49.9 Å². The fourth-order valence-corrected chi connectivity index (χ4v) is 4.11. The van der Waals surface area contributed by atoms with Crippen LogP contribution in [0.25, 0.3) is 0 Å². The Hall–Kier alpha value is -0.0900. The minimum Gasteiger partial charge on any atom is -0.261 e. The first kappa shape index (κ1) is 13.3. The molecule has 2 aromatic heterocycles. The molecular weight excluding hydrogens is 341 g/mol. The topological polar surface area (TPSA) is 12.9 Å². The molecule has 1 unspecified atom stereocenters. The van der Waals surface area contributed by atoms with Crippen molar-refractivity contribution < 1.29 is 0 Å². The molecule has 0 radical (unpaired) electrons. The minimum absolute atomic E-state index is 0.146. The molecule has 2 aromatic rings. The van der Waals surface area contributed by atoms with Gasteiger partial charge in [-0.25, -0.2) is 0 Å². The average molecular weight is 351 g/mol. The average Bonchev–Trinajstić information content (AvgIpc) is 2.61. The Morgan fingerprint density at radius 1 is 1.47 bits per heavy atom. The number of thiophene rings is 1. The molecule has 0 bridgehead atoms. The van der Waals surface area contributed by atoms with Gasteiger partial charge >= 0.3 is 0 Å². The van der Waals surface area contributed by atoms with E-state index in [4.69, 9.17) is 23.2 Å². The van der Waals surface area contributed by atoms with Gasteiger partial charge in [0.25, 0.3) is 0 Å².